The van der Waals surface area contributed by atoms with Gasteiger partial charge in [-0.25, -0.2) is 0 Å². The number of nitrogens with zero attached hydrogens (tertiary/aromatic N) is 1. The van der Waals surface area contributed by atoms with Gasteiger partial charge in [-0.3, -0.25) is 0 Å². The average molecular weight is 834 g/mol. The second kappa shape index (κ2) is 14.6. The summed E-state index contributed by atoms with van der Waals surface area (Å²) in [6.07, 6.45) is 0. The van der Waals surface area contributed by atoms with Gasteiger partial charge < -0.3 is 9.32 Å². The van der Waals surface area contributed by atoms with Gasteiger partial charge in [0.15, 0.2) is 0 Å². The van der Waals surface area contributed by atoms with E-state index in [4.69, 9.17) is 4.42 Å². The number of hydrogen-bond acceptors (Lipinski definition) is 3. The molecule has 3 heteroatoms. The normalized spacial score (nSPS) is 12.8. The number of anilines is 3. The van der Waals surface area contributed by atoms with E-state index in [1.54, 1.807) is 0 Å². The molecule has 0 saturated carbocycles. The highest BCUT2D eigenvalue weighted by Crippen LogP contribution is 2.57. The van der Waals surface area contributed by atoms with Gasteiger partial charge in [0.25, 0.3) is 0 Å². The van der Waals surface area contributed by atoms with E-state index >= 15 is 0 Å². The van der Waals surface area contributed by atoms with Crippen LogP contribution in [0.1, 0.15) is 22.3 Å². The van der Waals surface area contributed by atoms with Crippen LogP contribution in [0.15, 0.2) is 241 Å². The lowest BCUT2D eigenvalue weighted by Gasteiger charge is -2.33. The van der Waals surface area contributed by atoms with E-state index in [-0.39, 0.29) is 0 Å². The van der Waals surface area contributed by atoms with Crippen molar-refractivity contribution in [3.05, 3.63) is 259 Å². The Hall–Kier alpha value is -7.98. The quantitative estimate of drug-likeness (QED) is 0.159. The van der Waals surface area contributed by atoms with Crippen LogP contribution in [0, 0.1) is 0 Å². The number of furan rings is 1. The summed E-state index contributed by atoms with van der Waals surface area (Å²) >= 11 is 1.86. The second-order valence-corrected chi connectivity index (χ2v) is 17.8. The smallest absolute Gasteiger partial charge is 0.135 e. The van der Waals surface area contributed by atoms with Gasteiger partial charge >= 0.3 is 0 Å². The third kappa shape index (κ3) is 5.58. The molecule has 2 aromatic heterocycles. The number of thiophene rings is 1. The van der Waals surface area contributed by atoms with E-state index in [2.05, 4.69) is 241 Å². The maximum atomic E-state index is 6.77. The van der Waals surface area contributed by atoms with E-state index in [9.17, 15) is 0 Å². The van der Waals surface area contributed by atoms with E-state index in [1.165, 1.54) is 70.4 Å². The molecule has 12 aromatic rings. The number of benzene rings is 10. The minimum atomic E-state index is -0.477. The Bertz CT molecular complexity index is 3660. The fourth-order valence-corrected chi connectivity index (χ4v) is 11.7. The van der Waals surface area contributed by atoms with Crippen LogP contribution in [0.2, 0.25) is 0 Å². The van der Waals surface area contributed by atoms with Crippen LogP contribution in [-0.4, -0.2) is 0 Å². The van der Waals surface area contributed by atoms with Gasteiger partial charge in [0.2, 0.25) is 0 Å². The fourth-order valence-electron chi connectivity index (χ4n) is 10.5. The summed E-state index contributed by atoms with van der Waals surface area (Å²) < 4.78 is 9.34. The van der Waals surface area contributed by atoms with Crippen LogP contribution in [0.3, 0.4) is 0 Å². The molecule has 0 radical (unpaired) electrons. The lowest BCUT2D eigenvalue weighted by molar-refractivity contribution is 0.666. The van der Waals surface area contributed by atoms with E-state index in [0.29, 0.717) is 0 Å². The van der Waals surface area contributed by atoms with Crippen molar-refractivity contribution in [1.82, 2.24) is 0 Å². The van der Waals surface area contributed by atoms with Gasteiger partial charge in [-0.05, 0) is 116 Å². The van der Waals surface area contributed by atoms with Crippen molar-refractivity contribution in [2.45, 2.75) is 5.41 Å². The number of hydrogen-bond donors (Lipinski definition) is 0. The van der Waals surface area contributed by atoms with E-state index in [0.717, 1.165) is 44.4 Å². The summed E-state index contributed by atoms with van der Waals surface area (Å²) in [7, 11) is 0. The zero-order chi connectivity index (χ0) is 42.2. The van der Waals surface area contributed by atoms with Gasteiger partial charge in [0.1, 0.15) is 11.2 Å². The molecule has 0 saturated heterocycles. The Balaban J connectivity index is 0.929. The average Bonchev–Trinajstić information content (AvgIpc) is 4.03. The molecule has 0 unspecified atom stereocenters. The molecule has 0 bridgehead atoms. The molecule has 1 aliphatic rings. The monoisotopic (exact) mass is 833 g/mol. The Morgan fingerprint density at radius 3 is 1.64 bits per heavy atom. The molecule has 0 amide bonds. The fraction of sp³-hybridized carbons (Fsp3) is 0.0164. The highest BCUT2D eigenvalue weighted by molar-refractivity contribution is 7.26. The molecule has 1 aliphatic carbocycles. The number of rotatable bonds is 7. The molecule has 64 heavy (non-hydrogen) atoms. The molecular formula is C61H39NOS. The molecule has 0 aliphatic heterocycles. The van der Waals surface area contributed by atoms with E-state index in [1.807, 2.05) is 11.3 Å². The van der Waals surface area contributed by atoms with Gasteiger partial charge in [-0.15, -0.1) is 11.3 Å². The maximum absolute atomic E-state index is 6.77. The highest BCUT2D eigenvalue weighted by atomic mass is 32.1. The van der Waals surface area contributed by atoms with Gasteiger partial charge in [0, 0.05) is 37.6 Å². The van der Waals surface area contributed by atoms with Crippen LogP contribution < -0.4 is 4.90 Å². The first-order chi connectivity index (χ1) is 31.7. The van der Waals surface area contributed by atoms with Gasteiger partial charge in [-0.1, -0.05) is 176 Å². The third-order valence-corrected chi connectivity index (χ3v) is 14.6. The predicted octanol–water partition coefficient (Wildman–Crippen LogP) is 17.1. The van der Waals surface area contributed by atoms with Crippen molar-refractivity contribution in [3.8, 4) is 33.4 Å². The Morgan fingerprint density at radius 1 is 0.359 bits per heavy atom. The first kappa shape index (κ1) is 36.7. The van der Waals surface area contributed by atoms with Crippen LogP contribution in [0.4, 0.5) is 17.1 Å². The van der Waals surface area contributed by atoms with Crippen LogP contribution in [-0.2, 0) is 5.41 Å². The van der Waals surface area contributed by atoms with Crippen molar-refractivity contribution in [1.29, 1.82) is 0 Å². The third-order valence-electron chi connectivity index (χ3n) is 13.4. The molecule has 0 atom stereocenters. The molecule has 300 valence electrons. The lowest BCUT2D eigenvalue weighted by Crippen LogP contribution is -2.28. The summed E-state index contributed by atoms with van der Waals surface area (Å²) in [5, 5.41) is 4.81. The molecular weight excluding hydrogens is 795 g/mol. The summed E-state index contributed by atoms with van der Waals surface area (Å²) in [6, 6.07) is 86.2. The summed E-state index contributed by atoms with van der Waals surface area (Å²) in [6.45, 7) is 0. The molecule has 10 aromatic carbocycles. The molecule has 0 spiro atoms. The molecule has 0 N–H and O–H groups in total. The second-order valence-electron chi connectivity index (χ2n) is 16.8. The van der Waals surface area contributed by atoms with Crippen LogP contribution >= 0.6 is 11.3 Å². The van der Waals surface area contributed by atoms with Crippen molar-refractivity contribution < 1.29 is 4.42 Å². The molecule has 2 heterocycles. The topological polar surface area (TPSA) is 16.4 Å². The Morgan fingerprint density at radius 2 is 0.922 bits per heavy atom. The molecule has 13 rings (SSSR count). The van der Waals surface area contributed by atoms with Crippen molar-refractivity contribution >= 4 is 70.5 Å². The minimum Gasteiger partial charge on any atom is -0.456 e. The first-order valence-corrected chi connectivity index (χ1v) is 22.7. The van der Waals surface area contributed by atoms with Crippen LogP contribution in [0.25, 0.3) is 75.5 Å². The largest absolute Gasteiger partial charge is 0.456 e. The zero-order valence-corrected chi connectivity index (χ0v) is 35.6. The zero-order valence-electron chi connectivity index (χ0n) is 34.8. The predicted molar refractivity (Wildman–Crippen MR) is 269 cm³/mol. The summed E-state index contributed by atoms with van der Waals surface area (Å²) in [5.74, 6) is 0. The highest BCUT2D eigenvalue weighted by Gasteiger charge is 2.46. The minimum absolute atomic E-state index is 0.477. The van der Waals surface area contributed by atoms with Crippen molar-refractivity contribution in [2.24, 2.45) is 0 Å². The van der Waals surface area contributed by atoms with Crippen LogP contribution in [0.5, 0.6) is 0 Å². The summed E-state index contributed by atoms with van der Waals surface area (Å²) in [5.41, 5.74) is 16.9. The van der Waals surface area contributed by atoms with Gasteiger partial charge in [0.05, 0.1) is 15.8 Å². The lowest BCUT2D eigenvalue weighted by atomic mass is 9.67. The van der Waals surface area contributed by atoms with Crippen molar-refractivity contribution in [2.75, 3.05) is 4.90 Å². The molecule has 2 nitrogen and oxygen atoms in total. The number of fused-ring (bicyclic) bond motifs is 9. The molecule has 0 fully saturated rings. The van der Waals surface area contributed by atoms with E-state index < -0.39 is 5.41 Å². The Kier molecular flexibility index (Phi) is 8.34. The maximum Gasteiger partial charge on any atom is 0.135 e. The van der Waals surface area contributed by atoms with Gasteiger partial charge in [-0.2, -0.15) is 0 Å². The standard InChI is InChI=1S/C61H39NOS/c1-4-15-40(16-5-1)41-27-32-46(33-28-41)62(56-25-14-23-50-49-22-11-13-26-59(49)64-60(50)56)47-34-29-42(30-35-47)43-31-36-57-52(37-43)53-38-51-48-21-10-12-24-54(48)61(44-17-6-2-7-18-44,45-19-8-3-9-20-45)55(51)39-58(53)63-57/h1-39H. The summed E-state index contributed by atoms with van der Waals surface area (Å²) in [4.78, 5) is 2.41. The SMILES string of the molecule is c1ccc(-c2ccc(N(c3ccc(-c4ccc5oc6cc7c(cc6c5c4)-c4ccccc4C7(c4ccccc4)c4ccccc4)cc3)c3cccc4c3sc3ccccc34)cc2)cc1. The Labute approximate surface area is 375 Å². The first-order valence-electron chi connectivity index (χ1n) is 21.9. The van der Waals surface area contributed by atoms with Crippen molar-refractivity contribution in [3.63, 3.8) is 0 Å².